The van der Waals surface area contributed by atoms with Crippen molar-refractivity contribution in [1.82, 2.24) is 19.9 Å². The monoisotopic (exact) mass is 370 g/mol. The van der Waals surface area contributed by atoms with Crippen molar-refractivity contribution >= 4 is 11.9 Å². The Labute approximate surface area is 149 Å². The highest BCUT2D eigenvalue weighted by Crippen LogP contribution is 2.28. The molecule has 1 atom stereocenters. The second kappa shape index (κ2) is 7.73. The van der Waals surface area contributed by atoms with Gasteiger partial charge in [-0.15, -0.1) is 13.2 Å². The molecule has 0 bridgehead atoms. The molecule has 0 aliphatic carbocycles. The van der Waals surface area contributed by atoms with Crippen LogP contribution in [0.5, 0.6) is 5.75 Å². The highest BCUT2D eigenvalue weighted by atomic mass is 19.4. The van der Waals surface area contributed by atoms with Crippen molar-refractivity contribution in [3.63, 3.8) is 0 Å². The Bertz CT molecular complexity index is 753. The second-order valence-electron chi connectivity index (χ2n) is 5.99. The summed E-state index contributed by atoms with van der Waals surface area (Å²) in [6, 6.07) is 5.70. The summed E-state index contributed by atoms with van der Waals surface area (Å²) < 4.78 is 41.8. The molecule has 0 saturated carbocycles. The number of hydrogen-bond acceptors (Lipinski definition) is 7. The van der Waals surface area contributed by atoms with E-state index in [1.807, 2.05) is 6.92 Å². The van der Waals surface area contributed by atoms with E-state index in [0.717, 1.165) is 0 Å². The van der Waals surface area contributed by atoms with E-state index in [-0.39, 0.29) is 24.3 Å². The average molecular weight is 370 g/mol. The predicted molar refractivity (Wildman–Crippen MR) is 91.6 cm³/mol. The molecule has 26 heavy (non-hydrogen) atoms. The van der Waals surface area contributed by atoms with Crippen LogP contribution in [0.25, 0.3) is 0 Å². The molecule has 1 aromatic carbocycles. The number of nitrogens with two attached hydrogens (primary N) is 1. The fourth-order valence-electron chi connectivity index (χ4n) is 2.25. The lowest BCUT2D eigenvalue weighted by molar-refractivity contribution is -0.275. The van der Waals surface area contributed by atoms with Crippen LogP contribution in [0.15, 0.2) is 24.3 Å². The first-order valence-corrected chi connectivity index (χ1v) is 7.79. The van der Waals surface area contributed by atoms with Crippen LogP contribution in [0.1, 0.15) is 24.4 Å². The summed E-state index contributed by atoms with van der Waals surface area (Å²) in [6.45, 7) is 2.04. The third-order valence-corrected chi connectivity index (χ3v) is 3.71. The maximum absolute atomic E-state index is 12.6. The minimum absolute atomic E-state index is 0.0831. The summed E-state index contributed by atoms with van der Waals surface area (Å²) in [5.74, 6) is 0.689. The van der Waals surface area contributed by atoms with Gasteiger partial charge in [-0.05, 0) is 20.0 Å². The van der Waals surface area contributed by atoms with Gasteiger partial charge < -0.3 is 15.4 Å². The fraction of sp³-hybridized carbons (Fsp3) is 0.438. The summed E-state index contributed by atoms with van der Waals surface area (Å²) >= 11 is 0. The van der Waals surface area contributed by atoms with Crippen LogP contribution in [-0.4, -0.2) is 47.4 Å². The Kier molecular flexibility index (Phi) is 5.86. The average Bonchev–Trinajstić information content (AvgIpc) is 2.54. The van der Waals surface area contributed by atoms with Crippen LogP contribution in [0.4, 0.5) is 25.1 Å². The fourth-order valence-corrected chi connectivity index (χ4v) is 2.25. The van der Waals surface area contributed by atoms with E-state index in [1.165, 1.54) is 12.1 Å². The molecule has 1 unspecified atom stereocenters. The zero-order valence-electron chi connectivity index (χ0n) is 14.9. The lowest BCUT2D eigenvalue weighted by Gasteiger charge is -2.25. The highest BCUT2D eigenvalue weighted by molar-refractivity contribution is 5.34. The van der Waals surface area contributed by atoms with E-state index in [4.69, 9.17) is 5.73 Å². The summed E-state index contributed by atoms with van der Waals surface area (Å²) in [5.41, 5.74) is 6.13. The molecule has 0 aliphatic rings. The first-order chi connectivity index (χ1) is 12.1. The van der Waals surface area contributed by atoms with Crippen molar-refractivity contribution in [2.24, 2.45) is 0 Å². The second-order valence-corrected chi connectivity index (χ2v) is 5.99. The van der Waals surface area contributed by atoms with Gasteiger partial charge in [0.1, 0.15) is 5.75 Å². The molecule has 0 spiro atoms. The lowest BCUT2D eigenvalue weighted by atomic mass is 10.1. The van der Waals surface area contributed by atoms with Crippen molar-refractivity contribution in [2.45, 2.75) is 25.9 Å². The zero-order valence-corrected chi connectivity index (χ0v) is 14.9. The minimum atomic E-state index is -4.75. The Balaban J connectivity index is 2.21. The van der Waals surface area contributed by atoms with Gasteiger partial charge in [0.05, 0.1) is 6.04 Å². The number of hydrogen-bond donors (Lipinski definition) is 1. The Morgan fingerprint density at radius 1 is 1.12 bits per heavy atom. The molecule has 7 nitrogen and oxygen atoms in total. The van der Waals surface area contributed by atoms with E-state index >= 15 is 0 Å². The summed E-state index contributed by atoms with van der Waals surface area (Å²) in [6.07, 6.45) is -4.75. The van der Waals surface area contributed by atoms with Crippen LogP contribution < -0.4 is 15.4 Å². The summed E-state index contributed by atoms with van der Waals surface area (Å²) in [4.78, 5) is 16.0. The van der Waals surface area contributed by atoms with Crippen molar-refractivity contribution in [2.75, 3.05) is 31.8 Å². The van der Waals surface area contributed by atoms with Crippen molar-refractivity contribution in [3.05, 3.63) is 35.7 Å². The Morgan fingerprint density at radius 2 is 1.77 bits per heavy atom. The first-order valence-electron chi connectivity index (χ1n) is 7.79. The molecule has 0 fully saturated rings. The summed E-state index contributed by atoms with van der Waals surface area (Å²) in [7, 11) is 5.31. The van der Waals surface area contributed by atoms with Gasteiger partial charge in [0.2, 0.25) is 11.9 Å². The van der Waals surface area contributed by atoms with E-state index < -0.39 is 6.36 Å². The maximum Gasteiger partial charge on any atom is 0.573 e. The third kappa shape index (κ3) is 5.19. The molecular formula is C16H21F3N6O. The molecule has 0 saturated heterocycles. The number of rotatable bonds is 6. The number of nitrogen functional groups attached to an aromatic ring is 1. The normalized spacial score (nSPS) is 12.9. The third-order valence-electron chi connectivity index (χ3n) is 3.71. The van der Waals surface area contributed by atoms with Gasteiger partial charge in [-0.1, -0.05) is 18.2 Å². The smallest absolute Gasteiger partial charge is 0.405 e. The number of aromatic nitrogens is 3. The molecule has 2 rings (SSSR count). The summed E-state index contributed by atoms with van der Waals surface area (Å²) in [5, 5.41) is 0. The van der Waals surface area contributed by atoms with Crippen LogP contribution in [0.3, 0.4) is 0 Å². The van der Waals surface area contributed by atoms with E-state index in [9.17, 15) is 13.2 Å². The van der Waals surface area contributed by atoms with Gasteiger partial charge in [0.25, 0.3) is 0 Å². The molecule has 0 radical (unpaired) electrons. The minimum Gasteiger partial charge on any atom is -0.405 e. The topological polar surface area (TPSA) is 80.4 Å². The standard InChI is InChI=1S/C16H21F3N6O/c1-10(13-21-14(20)23-15(22-13)24(2)3)25(4)9-11-7-5-6-8-12(11)26-16(17,18)19/h5-8,10H,9H2,1-4H3,(H2,20,21,22,23). The van der Waals surface area contributed by atoms with Gasteiger partial charge in [0, 0.05) is 26.2 Å². The first kappa shape index (κ1) is 19.7. The zero-order chi connectivity index (χ0) is 19.5. The molecule has 2 N–H and O–H groups in total. The highest BCUT2D eigenvalue weighted by Gasteiger charge is 2.32. The quantitative estimate of drug-likeness (QED) is 0.837. The predicted octanol–water partition coefficient (Wildman–Crippen LogP) is 2.61. The molecule has 10 heteroatoms. The number of nitrogens with zero attached hydrogens (tertiary/aromatic N) is 5. The van der Waals surface area contributed by atoms with Gasteiger partial charge >= 0.3 is 6.36 Å². The Hall–Kier alpha value is -2.62. The van der Waals surface area contributed by atoms with Crippen LogP contribution in [-0.2, 0) is 6.54 Å². The van der Waals surface area contributed by atoms with E-state index in [0.29, 0.717) is 17.3 Å². The number of ether oxygens (including phenoxy) is 1. The maximum atomic E-state index is 12.6. The lowest BCUT2D eigenvalue weighted by Crippen LogP contribution is -2.26. The SMILES string of the molecule is CC(c1nc(N)nc(N(C)C)n1)N(C)Cc1ccccc1OC(F)(F)F. The molecule has 2 aromatic rings. The van der Waals surface area contributed by atoms with Crippen LogP contribution in [0.2, 0.25) is 0 Å². The number of halogens is 3. The molecule has 142 valence electrons. The van der Waals surface area contributed by atoms with Crippen LogP contribution in [0, 0.1) is 0 Å². The largest absolute Gasteiger partial charge is 0.573 e. The van der Waals surface area contributed by atoms with Crippen molar-refractivity contribution < 1.29 is 17.9 Å². The van der Waals surface area contributed by atoms with Gasteiger partial charge in [0.15, 0.2) is 5.82 Å². The van der Waals surface area contributed by atoms with Gasteiger partial charge in [-0.2, -0.15) is 15.0 Å². The van der Waals surface area contributed by atoms with Gasteiger partial charge in [-0.3, -0.25) is 4.90 Å². The molecule has 0 aliphatic heterocycles. The van der Waals surface area contributed by atoms with Crippen LogP contribution >= 0.6 is 0 Å². The number of alkyl halides is 3. The molecule has 1 aromatic heterocycles. The molecular weight excluding hydrogens is 349 g/mol. The number of benzene rings is 1. The molecule has 0 amide bonds. The number of anilines is 2. The van der Waals surface area contributed by atoms with Gasteiger partial charge in [-0.25, -0.2) is 0 Å². The number of para-hydroxylation sites is 1. The Morgan fingerprint density at radius 3 is 2.38 bits per heavy atom. The van der Waals surface area contributed by atoms with Crippen molar-refractivity contribution in [1.29, 1.82) is 0 Å². The molecule has 1 heterocycles. The van der Waals surface area contributed by atoms with E-state index in [2.05, 4.69) is 19.7 Å². The van der Waals surface area contributed by atoms with E-state index in [1.54, 1.807) is 43.1 Å². The van der Waals surface area contributed by atoms with Crippen molar-refractivity contribution in [3.8, 4) is 5.75 Å².